The van der Waals surface area contributed by atoms with Gasteiger partial charge in [0.15, 0.2) is 0 Å². The number of methoxy groups -OCH3 is 1. The van der Waals surface area contributed by atoms with Crippen LogP contribution in [0.5, 0.6) is 0 Å². The molecule has 0 bridgehead atoms. The zero-order valence-corrected chi connectivity index (χ0v) is 12.8. The third-order valence-corrected chi connectivity index (χ3v) is 3.64. The van der Waals surface area contributed by atoms with E-state index >= 15 is 0 Å². The molecule has 1 heterocycles. The highest BCUT2D eigenvalue weighted by molar-refractivity contribution is 5.74. The predicted octanol–water partition coefficient (Wildman–Crippen LogP) is 2.37. The Balaban J connectivity index is 2.50. The lowest BCUT2D eigenvalue weighted by Crippen LogP contribution is -2.40. The molecule has 2 aromatic rings. The fraction of sp³-hybridized carbons (Fsp3) is 0.375. The largest absolute Gasteiger partial charge is 0.384 e. The van der Waals surface area contributed by atoms with Crippen molar-refractivity contribution in [3.8, 4) is 0 Å². The maximum atomic E-state index is 10.7. The van der Waals surface area contributed by atoms with Crippen LogP contribution >= 0.6 is 0 Å². The molecule has 0 saturated carbocycles. The van der Waals surface area contributed by atoms with Gasteiger partial charge in [-0.25, -0.2) is 9.67 Å². The summed E-state index contributed by atoms with van der Waals surface area (Å²) in [7, 11) is 1.58. The molecular formula is C16H21N3O2. The van der Waals surface area contributed by atoms with E-state index in [4.69, 9.17) is 4.74 Å². The van der Waals surface area contributed by atoms with E-state index in [1.165, 1.54) is 6.33 Å². The van der Waals surface area contributed by atoms with Crippen LogP contribution in [-0.2, 0) is 4.74 Å². The van der Waals surface area contributed by atoms with Crippen LogP contribution in [-0.4, -0.2) is 38.7 Å². The SMILES string of the molecule is COC(C)(C)C(O)/C(=C/c1ccccc1C)n1cncn1. The van der Waals surface area contributed by atoms with Crippen LogP contribution in [0.1, 0.15) is 25.0 Å². The summed E-state index contributed by atoms with van der Waals surface area (Å²) in [4.78, 5) is 3.96. The first-order valence-electron chi connectivity index (χ1n) is 6.81. The van der Waals surface area contributed by atoms with E-state index in [1.54, 1.807) is 18.1 Å². The summed E-state index contributed by atoms with van der Waals surface area (Å²) in [5, 5.41) is 14.8. The molecule has 21 heavy (non-hydrogen) atoms. The average Bonchev–Trinajstić information content (AvgIpc) is 2.99. The molecule has 0 spiro atoms. The standard InChI is InChI=1S/C16H21N3O2/c1-12-7-5-6-8-13(12)9-14(19-11-17-10-18-19)15(20)16(2,3)21-4/h5-11,15,20H,1-4H3/b14-9-. The Labute approximate surface area is 124 Å². The second-order valence-corrected chi connectivity index (χ2v) is 5.48. The van der Waals surface area contributed by atoms with Crippen molar-refractivity contribution in [2.24, 2.45) is 0 Å². The van der Waals surface area contributed by atoms with Crippen LogP contribution in [0, 0.1) is 6.92 Å². The quantitative estimate of drug-likeness (QED) is 0.917. The number of nitrogens with zero attached hydrogens (tertiary/aromatic N) is 3. The van der Waals surface area contributed by atoms with Crippen LogP contribution < -0.4 is 0 Å². The van der Waals surface area contributed by atoms with Crippen molar-refractivity contribution in [1.29, 1.82) is 0 Å². The van der Waals surface area contributed by atoms with Crippen LogP contribution in [0.3, 0.4) is 0 Å². The van der Waals surface area contributed by atoms with E-state index in [1.807, 2.05) is 51.1 Å². The first-order chi connectivity index (χ1) is 9.95. The number of ether oxygens (including phenoxy) is 1. The average molecular weight is 287 g/mol. The molecule has 0 aliphatic heterocycles. The van der Waals surface area contributed by atoms with Gasteiger partial charge in [0.05, 0.1) is 11.3 Å². The molecule has 0 fully saturated rings. The molecule has 1 atom stereocenters. The Hall–Kier alpha value is -1.98. The zero-order chi connectivity index (χ0) is 15.5. The molecule has 2 rings (SSSR count). The summed E-state index contributed by atoms with van der Waals surface area (Å²) >= 11 is 0. The third-order valence-electron chi connectivity index (χ3n) is 3.64. The van der Waals surface area contributed by atoms with Crippen molar-refractivity contribution in [3.63, 3.8) is 0 Å². The van der Waals surface area contributed by atoms with Gasteiger partial charge in [-0.15, -0.1) is 0 Å². The normalized spacial score (nSPS) is 14.2. The van der Waals surface area contributed by atoms with Crippen molar-refractivity contribution in [2.45, 2.75) is 32.5 Å². The van der Waals surface area contributed by atoms with Gasteiger partial charge in [0.1, 0.15) is 18.8 Å². The van der Waals surface area contributed by atoms with Crippen molar-refractivity contribution < 1.29 is 9.84 Å². The smallest absolute Gasteiger partial charge is 0.138 e. The summed E-state index contributed by atoms with van der Waals surface area (Å²) in [6.45, 7) is 5.69. The molecule has 1 aromatic heterocycles. The van der Waals surface area contributed by atoms with Crippen molar-refractivity contribution >= 4 is 11.8 Å². The monoisotopic (exact) mass is 287 g/mol. The lowest BCUT2D eigenvalue weighted by atomic mass is 9.96. The Morgan fingerprint density at radius 2 is 2.10 bits per heavy atom. The third kappa shape index (κ3) is 3.37. The molecule has 112 valence electrons. The molecule has 5 nitrogen and oxygen atoms in total. The first kappa shape index (κ1) is 15.4. The van der Waals surface area contributed by atoms with Crippen LogP contribution in [0.15, 0.2) is 36.9 Å². The van der Waals surface area contributed by atoms with Crippen LogP contribution in [0.25, 0.3) is 11.8 Å². The van der Waals surface area contributed by atoms with Gasteiger partial charge in [0.25, 0.3) is 0 Å². The Bertz CT molecular complexity index is 618. The molecule has 1 aromatic carbocycles. The van der Waals surface area contributed by atoms with Crippen molar-refractivity contribution in [2.75, 3.05) is 7.11 Å². The highest BCUT2D eigenvalue weighted by atomic mass is 16.5. The maximum Gasteiger partial charge on any atom is 0.138 e. The minimum absolute atomic E-state index is 0.619. The van der Waals surface area contributed by atoms with Gasteiger partial charge in [-0.2, -0.15) is 5.10 Å². The number of benzene rings is 1. The Kier molecular flexibility index (Phi) is 4.55. The fourth-order valence-corrected chi connectivity index (χ4v) is 1.99. The van der Waals surface area contributed by atoms with E-state index in [9.17, 15) is 5.11 Å². The van der Waals surface area contributed by atoms with Crippen LogP contribution in [0.4, 0.5) is 0 Å². The Morgan fingerprint density at radius 1 is 1.38 bits per heavy atom. The molecule has 5 heteroatoms. The van der Waals surface area contributed by atoms with Gasteiger partial charge in [-0.1, -0.05) is 24.3 Å². The summed E-state index contributed by atoms with van der Waals surface area (Å²) in [6.07, 6.45) is 4.08. The highest BCUT2D eigenvalue weighted by Crippen LogP contribution is 2.25. The molecule has 0 saturated heterocycles. The maximum absolute atomic E-state index is 10.7. The number of aryl methyl sites for hydroxylation is 1. The van der Waals surface area contributed by atoms with E-state index in [-0.39, 0.29) is 0 Å². The van der Waals surface area contributed by atoms with Gasteiger partial charge in [0.2, 0.25) is 0 Å². The highest BCUT2D eigenvalue weighted by Gasteiger charge is 2.32. The van der Waals surface area contributed by atoms with Gasteiger partial charge < -0.3 is 9.84 Å². The molecule has 0 aliphatic rings. The lowest BCUT2D eigenvalue weighted by Gasteiger charge is -2.30. The second kappa shape index (κ2) is 6.20. The number of hydrogen-bond acceptors (Lipinski definition) is 4. The number of aliphatic hydroxyl groups excluding tert-OH is 1. The summed E-state index contributed by atoms with van der Waals surface area (Å²) in [5.74, 6) is 0. The van der Waals surface area contributed by atoms with Gasteiger partial charge >= 0.3 is 0 Å². The molecule has 1 unspecified atom stereocenters. The first-order valence-corrected chi connectivity index (χ1v) is 6.81. The van der Waals surface area contributed by atoms with Gasteiger partial charge in [-0.05, 0) is 38.0 Å². The molecule has 0 aliphatic carbocycles. The summed E-state index contributed by atoms with van der Waals surface area (Å²) in [6, 6.07) is 7.97. The fourth-order valence-electron chi connectivity index (χ4n) is 1.99. The van der Waals surface area contributed by atoms with Crippen LogP contribution in [0.2, 0.25) is 0 Å². The van der Waals surface area contributed by atoms with Crippen molar-refractivity contribution in [3.05, 3.63) is 48.0 Å². The zero-order valence-electron chi connectivity index (χ0n) is 12.8. The van der Waals surface area contributed by atoms with Gasteiger partial charge in [0, 0.05) is 7.11 Å². The number of rotatable bonds is 5. The Morgan fingerprint density at radius 3 is 2.67 bits per heavy atom. The summed E-state index contributed by atoms with van der Waals surface area (Å²) in [5.41, 5.74) is 2.03. The van der Waals surface area contributed by atoms with E-state index in [2.05, 4.69) is 10.1 Å². The predicted molar refractivity (Wildman–Crippen MR) is 82.5 cm³/mol. The lowest BCUT2D eigenvalue weighted by molar-refractivity contribution is -0.0539. The number of aromatic nitrogens is 3. The molecule has 0 amide bonds. The topological polar surface area (TPSA) is 60.2 Å². The second-order valence-electron chi connectivity index (χ2n) is 5.48. The van der Waals surface area contributed by atoms with E-state index in [0.717, 1.165) is 11.1 Å². The minimum atomic E-state index is -0.844. The van der Waals surface area contributed by atoms with Crippen molar-refractivity contribution in [1.82, 2.24) is 14.8 Å². The van der Waals surface area contributed by atoms with E-state index < -0.39 is 11.7 Å². The van der Waals surface area contributed by atoms with Gasteiger partial charge in [-0.3, -0.25) is 0 Å². The number of hydrogen-bond donors (Lipinski definition) is 1. The molecular weight excluding hydrogens is 266 g/mol. The van der Waals surface area contributed by atoms with E-state index in [0.29, 0.717) is 5.70 Å². The number of aliphatic hydroxyl groups is 1. The minimum Gasteiger partial charge on any atom is -0.384 e. The summed E-state index contributed by atoms with van der Waals surface area (Å²) < 4.78 is 6.96. The molecule has 1 N–H and O–H groups in total. The molecule has 0 radical (unpaired) electrons.